The van der Waals surface area contributed by atoms with Crippen molar-refractivity contribution in [3.63, 3.8) is 0 Å². The van der Waals surface area contributed by atoms with Gasteiger partial charge in [-0.3, -0.25) is 4.79 Å². The van der Waals surface area contributed by atoms with Crippen LogP contribution >= 0.6 is 38.5 Å². The van der Waals surface area contributed by atoms with Gasteiger partial charge in [-0.25, -0.2) is 4.79 Å². The van der Waals surface area contributed by atoms with Crippen LogP contribution in [0.25, 0.3) is 0 Å². The van der Waals surface area contributed by atoms with Crippen LogP contribution < -0.4 is 5.32 Å². The molecule has 0 aliphatic carbocycles. The summed E-state index contributed by atoms with van der Waals surface area (Å²) in [5, 5.41) is 3.13. The van der Waals surface area contributed by atoms with Gasteiger partial charge in [0.2, 0.25) is 0 Å². The molecular formula is C14H16BrIN2O3. The van der Waals surface area contributed by atoms with E-state index in [0.717, 1.165) is 8.04 Å². The topological polar surface area (TPSA) is 58.6 Å². The molecular weight excluding hydrogens is 451 g/mol. The van der Waals surface area contributed by atoms with Gasteiger partial charge in [-0.15, -0.1) is 0 Å². The van der Waals surface area contributed by atoms with Crippen molar-refractivity contribution in [2.24, 2.45) is 0 Å². The molecule has 1 N–H and O–H groups in total. The van der Waals surface area contributed by atoms with Crippen molar-refractivity contribution in [3.8, 4) is 0 Å². The molecule has 1 aromatic rings. The maximum absolute atomic E-state index is 12.8. The Balaban J connectivity index is 2.26. The van der Waals surface area contributed by atoms with Gasteiger partial charge in [0.25, 0.3) is 5.91 Å². The zero-order chi connectivity index (χ0) is 15.4. The zero-order valence-corrected chi connectivity index (χ0v) is 15.3. The summed E-state index contributed by atoms with van der Waals surface area (Å²) in [5.74, 6) is -0.497. The molecule has 0 spiro atoms. The van der Waals surface area contributed by atoms with Gasteiger partial charge >= 0.3 is 5.97 Å². The summed E-state index contributed by atoms with van der Waals surface area (Å²) in [5.41, 5.74) is 0.598. The molecule has 1 saturated heterocycles. The molecule has 1 atom stereocenters. The monoisotopic (exact) mass is 466 g/mol. The van der Waals surface area contributed by atoms with E-state index >= 15 is 0 Å². The summed E-state index contributed by atoms with van der Waals surface area (Å²) >= 11 is 5.51. The molecule has 1 fully saturated rings. The van der Waals surface area contributed by atoms with Gasteiger partial charge in [-0.1, -0.05) is 15.9 Å². The van der Waals surface area contributed by atoms with Crippen molar-refractivity contribution in [2.45, 2.75) is 13.0 Å². The minimum atomic E-state index is -0.569. The number of carbonyl (C=O) groups excluding carboxylic acids is 2. The number of ether oxygens (including phenoxy) is 1. The first-order valence-electron chi connectivity index (χ1n) is 6.68. The zero-order valence-electron chi connectivity index (χ0n) is 11.6. The molecule has 7 heteroatoms. The fraction of sp³-hybridized carbons (Fsp3) is 0.429. The summed E-state index contributed by atoms with van der Waals surface area (Å²) in [6, 6.07) is 4.98. The maximum Gasteiger partial charge on any atom is 0.330 e. The van der Waals surface area contributed by atoms with Crippen LogP contribution in [0.3, 0.4) is 0 Å². The number of nitrogens with zero attached hydrogens (tertiary/aromatic N) is 1. The van der Waals surface area contributed by atoms with Crippen molar-refractivity contribution in [1.82, 2.24) is 10.2 Å². The molecule has 0 radical (unpaired) electrons. The molecule has 1 unspecified atom stereocenters. The smallest absolute Gasteiger partial charge is 0.330 e. The Hall–Kier alpha value is -0.670. The van der Waals surface area contributed by atoms with E-state index in [1.807, 2.05) is 12.1 Å². The summed E-state index contributed by atoms with van der Waals surface area (Å²) in [6.45, 7) is 3.66. The van der Waals surface area contributed by atoms with Crippen molar-refractivity contribution in [3.05, 3.63) is 31.8 Å². The molecule has 0 aromatic heterocycles. The average Bonchev–Trinajstić information content (AvgIpc) is 2.49. The predicted molar refractivity (Wildman–Crippen MR) is 91.2 cm³/mol. The molecule has 1 amide bonds. The van der Waals surface area contributed by atoms with Crippen molar-refractivity contribution in [2.75, 3.05) is 26.2 Å². The Morgan fingerprint density at radius 3 is 3.00 bits per heavy atom. The van der Waals surface area contributed by atoms with E-state index in [2.05, 4.69) is 43.8 Å². The highest BCUT2D eigenvalue weighted by atomic mass is 127. The number of rotatable bonds is 3. The van der Waals surface area contributed by atoms with E-state index in [4.69, 9.17) is 4.74 Å². The summed E-state index contributed by atoms with van der Waals surface area (Å²) in [7, 11) is 0. The second-order valence-electron chi connectivity index (χ2n) is 4.59. The number of piperazine rings is 1. The number of nitrogens with one attached hydrogen (secondary N) is 1. The Labute approximate surface area is 145 Å². The Bertz CT molecular complexity index is 553. The lowest BCUT2D eigenvalue weighted by Gasteiger charge is -2.34. The van der Waals surface area contributed by atoms with E-state index in [1.54, 1.807) is 17.9 Å². The second kappa shape index (κ2) is 7.55. The van der Waals surface area contributed by atoms with E-state index < -0.39 is 6.04 Å². The molecule has 2 rings (SSSR count). The van der Waals surface area contributed by atoms with Gasteiger partial charge in [-0.05, 0) is 47.7 Å². The van der Waals surface area contributed by atoms with Crippen LogP contribution in [0, 0.1) is 3.57 Å². The third kappa shape index (κ3) is 3.95. The van der Waals surface area contributed by atoms with Crippen LogP contribution in [0.15, 0.2) is 22.7 Å². The van der Waals surface area contributed by atoms with E-state index in [9.17, 15) is 9.59 Å². The Morgan fingerprint density at radius 2 is 2.29 bits per heavy atom. The van der Waals surface area contributed by atoms with E-state index in [-0.39, 0.29) is 11.9 Å². The molecule has 0 saturated carbocycles. The van der Waals surface area contributed by atoms with Crippen molar-refractivity contribution < 1.29 is 14.3 Å². The lowest BCUT2D eigenvalue weighted by atomic mass is 10.1. The van der Waals surface area contributed by atoms with E-state index in [1.165, 1.54) is 0 Å². The SMILES string of the molecule is CCOC(=O)C1CNCCN1C(=O)c1cc(Br)ccc1I. The highest BCUT2D eigenvalue weighted by Gasteiger charge is 2.34. The lowest BCUT2D eigenvalue weighted by molar-refractivity contribution is -0.149. The van der Waals surface area contributed by atoms with Crippen molar-refractivity contribution in [1.29, 1.82) is 0 Å². The van der Waals surface area contributed by atoms with Gasteiger partial charge in [0.1, 0.15) is 6.04 Å². The molecule has 1 aliphatic rings. The van der Waals surface area contributed by atoms with Crippen LogP contribution in [0.5, 0.6) is 0 Å². The quantitative estimate of drug-likeness (QED) is 0.547. The predicted octanol–water partition coefficient (Wildman–Crippen LogP) is 2.03. The third-order valence-corrected chi connectivity index (χ3v) is 4.66. The maximum atomic E-state index is 12.8. The summed E-state index contributed by atoms with van der Waals surface area (Å²) in [4.78, 5) is 26.4. The number of carbonyl (C=O) groups is 2. The van der Waals surface area contributed by atoms with Gasteiger partial charge in [0.05, 0.1) is 12.2 Å². The van der Waals surface area contributed by atoms with Gasteiger partial charge in [0.15, 0.2) is 0 Å². The van der Waals surface area contributed by atoms with E-state index in [0.29, 0.717) is 31.8 Å². The molecule has 114 valence electrons. The number of hydrogen-bond donors (Lipinski definition) is 1. The summed E-state index contributed by atoms with van der Waals surface area (Å²) in [6.07, 6.45) is 0. The first-order chi connectivity index (χ1) is 10.0. The average molecular weight is 467 g/mol. The molecule has 1 aromatic carbocycles. The normalized spacial score (nSPS) is 18.4. The molecule has 5 nitrogen and oxygen atoms in total. The number of halogens is 2. The minimum Gasteiger partial charge on any atom is -0.464 e. The highest BCUT2D eigenvalue weighted by molar-refractivity contribution is 14.1. The lowest BCUT2D eigenvalue weighted by Crippen LogP contribution is -2.57. The third-order valence-electron chi connectivity index (χ3n) is 3.22. The van der Waals surface area contributed by atoms with Crippen LogP contribution in [0.1, 0.15) is 17.3 Å². The number of benzene rings is 1. The van der Waals surface area contributed by atoms with Gasteiger partial charge in [0, 0.05) is 27.7 Å². The second-order valence-corrected chi connectivity index (χ2v) is 6.67. The number of hydrogen-bond acceptors (Lipinski definition) is 4. The molecule has 1 heterocycles. The van der Waals surface area contributed by atoms with Crippen LogP contribution in [0.4, 0.5) is 0 Å². The largest absolute Gasteiger partial charge is 0.464 e. The first kappa shape index (κ1) is 16.7. The van der Waals surface area contributed by atoms with Crippen LogP contribution in [0.2, 0.25) is 0 Å². The number of esters is 1. The van der Waals surface area contributed by atoms with Gasteiger partial charge < -0.3 is 15.0 Å². The minimum absolute atomic E-state index is 0.139. The standard InChI is InChI=1S/C14H16BrIN2O3/c1-2-21-14(20)12-8-17-5-6-18(12)13(19)10-7-9(15)3-4-11(10)16/h3-4,7,12,17H,2,5-6,8H2,1H3. The molecule has 21 heavy (non-hydrogen) atoms. The summed E-state index contributed by atoms with van der Waals surface area (Å²) < 4.78 is 6.77. The van der Waals surface area contributed by atoms with Crippen LogP contribution in [-0.2, 0) is 9.53 Å². The fourth-order valence-electron chi connectivity index (χ4n) is 2.21. The molecule has 0 bridgehead atoms. The first-order valence-corrected chi connectivity index (χ1v) is 8.55. The highest BCUT2D eigenvalue weighted by Crippen LogP contribution is 2.21. The van der Waals surface area contributed by atoms with Gasteiger partial charge in [-0.2, -0.15) is 0 Å². The number of amides is 1. The fourth-order valence-corrected chi connectivity index (χ4v) is 3.14. The van der Waals surface area contributed by atoms with Crippen molar-refractivity contribution >= 4 is 50.4 Å². The molecule has 1 aliphatic heterocycles. The van der Waals surface area contributed by atoms with Crippen LogP contribution in [-0.4, -0.2) is 49.1 Å². The Kier molecular flexibility index (Phi) is 6.00. The Morgan fingerprint density at radius 1 is 1.52 bits per heavy atom.